The second-order valence-corrected chi connectivity index (χ2v) is 3.72. The van der Waals surface area contributed by atoms with E-state index in [1.165, 1.54) is 11.8 Å². The van der Waals surface area contributed by atoms with Crippen LogP contribution < -0.4 is 5.32 Å². The monoisotopic (exact) mass is 159 g/mol. The standard InChI is InChI=1S/C7H13NOS/c1-3-5-6(4-2)10-7(9)8-5/h5-6H,3-4H2,1-2H3,(H,8,9). The van der Waals surface area contributed by atoms with Crippen molar-refractivity contribution in [3.63, 3.8) is 0 Å². The molecule has 0 aromatic carbocycles. The first-order chi connectivity index (χ1) is 4.77. The zero-order valence-electron chi connectivity index (χ0n) is 6.39. The average Bonchev–Trinajstić information content (AvgIpc) is 2.30. The Bertz CT molecular complexity index is 124. The van der Waals surface area contributed by atoms with Crippen LogP contribution in [0.1, 0.15) is 26.7 Å². The van der Waals surface area contributed by atoms with Crippen molar-refractivity contribution in [3.05, 3.63) is 0 Å². The summed E-state index contributed by atoms with van der Waals surface area (Å²) in [4.78, 5) is 10.8. The number of rotatable bonds is 2. The summed E-state index contributed by atoms with van der Waals surface area (Å²) in [5.41, 5.74) is 0. The number of amides is 1. The molecule has 3 heteroatoms. The number of thioether (sulfide) groups is 1. The number of nitrogens with one attached hydrogen (secondary N) is 1. The van der Waals surface area contributed by atoms with Gasteiger partial charge in [-0.2, -0.15) is 0 Å². The predicted molar refractivity (Wildman–Crippen MR) is 44.3 cm³/mol. The lowest BCUT2D eigenvalue weighted by molar-refractivity contribution is 0.259. The highest BCUT2D eigenvalue weighted by atomic mass is 32.2. The van der Waals surface area contributed by atoms with Gasteiger partial charge in [0.05, 0.1) is 0 Å². The first-order valence-electron chi connectivity index (χ1n) is 3.75. The summed E-state index contributed by atoms with van der Waals surface area (Å²) in [7, 11) is 0. The summed E-state index contributed by atoms with van der Waals surface area (Å²) in [6, 6.07) is 0.419. The van der Waals surface area contributed by atoms with Crippen LogP contribution in [0.3, 0.4) is 0 Å². The van der Waals surface area contributed by atoms with Gasteiger partial charge in [0.1, 0.15) is 0 Å². The van der Waals surface area contributed by atoms with Crippen molar-refractivity contribution in [2.24, 2.45) is 0 Å². The van der Waals surface area contributed by atoms with Crippen molar-refractivity contribution in [1.29, 1.82) is 0 Å². The van der Waals surface area contributed by atoms with Crippen LogP contribution in [0, 0.1) is 0 Å². The van der Waals surface area contributed by atoms with Gasteiger partial charge in [0.25, 0.3) is 5.24 Å². The van der Waals surface area contributed by atoms with Gasteiger partial charge < -0.3 is 5.32 Å². The summed E-state index contributed by atoms with van der Waals surface area (Å²) in [6.45, 7) is 4.24. The van der Waals surface area contributed by atoms with Gasteiger partial charge in [-0.05, 0) is 12.8 Å². The zero-order chi connectivity index (χ0) is 7.56. The van der Waals surface area contributed by atoms with E-state index in [0.29, 0.717) is 11.3 Å². The Hall–Kier alpha value is -0.180. The molecule has 1 fully saturated rings. The van der Waals surface area contributed by atoms with Crippen molar-refractivity contribution < 1.29 is 4.79 Å². The fourth-order valence-electron chi connectivity index (χ4n) is 1.23. The number of hydrogen-bond donors (Lipinski definition) is 1. The smallest absolute Gasteiger partial charge is 0.279 e. The third-order valence-corrected chi connectivity index (χ3v) is 3.15. The maximum Gasteiger partial charge on any atom is 0.279 e. The summed E-state index contributed by atoms with van der Waals surface area (Å²) >= 11 is 1.45. The molecular weight excluding hydrogens is 146 g/mol. The minimum Gasteiger partial charge on any atom is -0.343 e. The lowest BCUT2D eigenvalue weighted by atomic mass is 10.1. The van der Waals surface area contributed by atoms with Crippen LogP contribution in [-0.2, 0) is 0 Å². The second kappa shape index (κ2) is 3.28. The van der Waals surface area contributed by atoms with Gasteiger partial charge in [0.15, 0.2) is 0 Å². The Morgan fingerprint density at radius 3 is 2.60 bits per heavy atom. The molecule has 0 spiro atoms. The molecule has 0 aromatic heterocycles. The summed E-state index contributed by atoms with van der Waals surface area (Å²) < 4.78 is 0. The molecule has 1 amide bonds. The van der Waals surface area contributed by atoms with E-state index in [-0.39, 0.29) is 5.24 Å². The summed E-state index contributed by atoms with van der Waals surface area (Å²) in [5.74, 6) is 0. The molecule has 1 heterocycles. The molecule has 2 nitrogen and oxygen atoms in total. The first-order valence-corrected chi connectivity index (χ1v) is 4.63. The van der Waals surface area contributed by atoms with Gasteiger partial charge in [0, 0.05) is 11.3 Å². The largest absolute Gasteiger partial charge is 0.343 e. The highest BCUT2D eigenvalue weighted by Crippen LogP contribution is 2.27. The van der Waals surface area contributed by atoms with E-state index in [4.69, 9.17) is 0 Å². The topological polar surface area (TPSA) is 29.1 Å². The van der Waals surface area contributed by atoms with Crippen LogP contribution in [0.4, 0.5) is 4.79 Å². The predicted octanol–water partition coefficient (Wildman–Crippen LogP) is 2.00. The molecular formula is C7H13NOS. The number of carbonyl (C=O) groups excluding carboxylic acids is 1. The van der Waals surface area contributed by atoms with E-state index < -0.39 is 0 Å². The quantitative estimate of drug-likeness (QED) is 0.667. The van der Waals surface area contributed by atoms with E-state index in [1.54, 1.807) is 0 Å². The van der Waals surface area contributed by atoms with E-state index in [2.05, 4.69) is 19.2 Å². The Balaban J connectivity index is 2.48. The lowest BCUT2D eigenvalue weighted by Crippen LogP contribution is -2.29. The van der Waals surface area contributed by atoms with Crippen molar-refractivity contribution in [2.45, 2.75) is 38.0 Å². The van der Waals surface area contributed by atoms with E-state index in [0.717, 1.165) is 12.8 Å². The highest BCUT2D eigenvalue weighted by Gasteiger charge is 2.29. The van der Waals surface area contributed by atoms with Crippen LogP contribution in [0.25, 0.3) is 0 Å². The van der Waals surface area contributed by atoms with E-state index >= 15 is 0 Å². The molecule has 0 bridgehead atoms. The van der Waals surface area contributed by atoms with E-state index in [9.17, 15) is 4.79 Å². The summed E-state index contributed by atoms with van der Waals surface area (Å²) in [5, 5.41) is 3.59. The van der Waals surface area contributed by atoms with Crippen molar-refractivity contribution in [3.8, 4) is 0 Å². The minimum absolute atomic E-state index is 0.152. The van der Waals surface area contributed by atoms with Crippen molar-refractivity contribution in [1.82, 2.24) is 5.32 Å². The second-order valence-electron chi connectivity index (χ2n) is 2.51. The first kappa shape index (κ1) is 7.92. The van der Waals surface area contributed by atoms with Gasteiger partial charge in [-0.15, -0.1) is 0 Å². The SMILES string of the molecule is CCC1NC(=O)SC1CC. The number of carbonyl (C=O) groups is 1. The number of hydrogen-bond acceptors (Lipinski definition) is 2. The van der Waals surface area contributed by atoms with Crippen molar-refractivity contribution >= 4 is 17.0 Å². The van der Waals surface area contributed by atoms with Gasteiger partial charge in [-0.1, -0.05) is 25.6 Å². The Kier molecular flexibility index (Phi) is 2.60. The Labute approximate surface area is 65.8 Å². The van der Waals surface area contributed by atoms with Crippen LogP contribution in [0.15, 0.2) is 0 Å². The molecule has 1 rings (SSSR count). The normalized spacial score (nSPS) is 32.4. The molecule has 1 saturated heterocycles. The fraction of sp³-hybridized carbons (Fsp3) is 0.857. The molecule has 0 radical (unpaired) electrons. The van der Waals surface area contributed by atoms with Crippen molar-refractivity contribution in [2.75, 3.05) is 0 Å². The third-order valence-electron chi connectivity index (χ3n) is 1.85. The average molecular weight is 159 g/mol. The summed E-state index contributed by atoms with van der Waals surface area (Å²) in [6.07, 6.45) is 2.14. The fourth-order valence-corrected chi connectivity index (χ4v) is 2.32. The Morgan fingerprint density at radius 2 is 2.20 bits per heavy atom. The molecule has 10 heavy (non-hydrogen) atoms. The molecule has 0 saturated carbocycles. The van der Waals surface area contributed by atoms with Gasteiger partial charge in [-0.25, -0.2) is 0 Å². The molecule has 58 valence electrons. The molecule has 0 aliphatic carbocycles. The molecule has 1 N–H and O–H groups in total. The van der Waals surface area contributed by atoms with Gasteiger partial charge in [0.2, 0.25) is 0 Å². The van der Waals surface area contributed by atoms with E-state index in [1.807, 2.05) is 0 Å². The highest BCUT2D eigenvalue weighted by molar-refractivity contribution is 8.14. The molecule has 0 aromatic rings. The Morgan fingerprint density at radius 1 is 1.50 bits per heavy atom. The maximum atomic E-state index is 10.8. The van der Waals surface area contributed by atoms with Gasteiger partial charge >= 0.3 is 0 Å². The molecule has 1 aliphatic heterocycles. The minimum atomic E-state index is 0.152. The third kappa shape index (κ3) is 1.45. The molecule has 2 atom stereocenters. The molecule has 1 aliphatic rings. The van der Waals surface area contributed by atoms with Crippen LogP contribution in [0.2, 0.25) is 0 Å². The lowest BCUT2D eigenvalue weighted by Gasteiger charge is -2.12. The van der Waals surface area contributed by atoms with Crippen LogP contribution in [-0.4, -0.2) is 16.5 Å². The van der Waals surface area contributed by atoms with Crippen LogP contribution in [0.5, 0.6) is 0 Å². The maximum absolute atomic E-state index is 10.8. The van der Waals surface area contributed by atoms with Crippen LogP contribution >= 0.6 is 11.8 Å². The van der Waals surface area contributed by atoms with Gasteiger partial charge in [-0.3, -0.25) is 4.79 Å². The zero-order valence-corrected chi connectivity index (χ0v) is 7.20. The molecule has 2 unspecified atom stereocenters.